The van der Waals surface area contributed by atoms with Crippen molar-refractivity contribution < 1.29 is 9.13 Å². The fourth-order valence-corrected chi connectivity index (χ4v) is 3.36. The minimum atomic E-state index is -0.218. The average Bonchev–Trinajstić information content (AvgIpc) is 2.44. The van der Waals surface area contributed by atoms with Gasteiger partial charge in [0.1, 0.15) is 0 Å². The molecule has 2 N–H and O–H groups in total. The van der Waals surface area contributed by atoms with Crippen LogP contribution in [0.4, 0.5) is 4.39 Å². The zero-order valence-corrected chi connectivity index (χ0v) is 12.5. The molecule has 1 aliphatic carbocycles. The number of ether oxygens (including phenoxy) is 1. The van der Waals surface area contributed by atoms with Gasteiger partial charge in [0.05, 0.1) is 7.11 Å². The predicted octanol–water partition coefficient (Wildman–Crippen LogP) is 4.07. The van der Waals surface area contributed by atoms with Crippen LogP contribution < -0.4 is 10.5 Å². The SMILES string of the molecule is COc1cccc(CC2(CN)CCCCCCC2)c1F. The van der Waals surface area contributed by atoms with Crippen molar-refractivity contribution in [1.29, 1.82) is 0 Å². The number of nitrogens with two attached hydrogens (primary N) is 1. The van der Waals surface area contributed by atoms with E-state index >= 15 is 0 Å². The van der Waals surface area contributed by atoms with Crippen LogP contribution in [0.3, 0.4) is 0 Å². The third-order valence-electron chi connectivity index (χ3n) is 4.68. The zero-order chi connectivity index (χ0) is 14.4. The summed E-state index contributed by atoms with van der Waals surface area (Å²) in [5.74, 6) is 0.116. The summed E-state index contributed by atoms with van der Waals surface area (Å²) < 4.78 is 19.4. The van der Waals surface area contributed by atoms with Crippen molar-refractivity contribution in [1.82, 2.24) is 0 Å². The van der Waals surface area contributed by atoms with E-state index in [1.54, 1.807) is 6.07 Å². The van der Waals surface area contributed by atoms with Crippen LogP contribution in [0.15, 0.2) is 18.2 Å². The fraction of sp³-hybridized carbons (Fsp3) is 0.647. The second kappa shape index (κ2) is 7.07. The summed E-state index contributed by atoms with van der Waals surface area (Å²) in [7, 11) is 1.51. The summed E-state index contributed by atoms with van der Waals surface area (Å²) in [4.78, 5) is 0. The van der Waals surface area contributed by atoms with Gasteiger partial charge >= 0.3 is 0 Å². The first-order chi connectivity index (χ1) is 9.71. The van der Waals surface area contributed by atoms with Crippen molar-refractivity contribution in [3.8, 4) is 5.75 Å². The largest absolute Gasteiger partial charge is 0.494 e. The van der Waals surface area contributed by atoms with Crippen molar-refractivity contribution >= 4 is 0 Å². The highest BCUT2D eigenvalue weighted by molar-refractivity contribution is 5.31. The molecule has 0 atom stereocenters. The Morgan fingerprint density at radius 2 is 1.80 bits per heavy atom. The second-order valence-corrected chi connectivity index (χ2v) is 6.08. The molecule has 3 heteroatoms. The maximum atomic E-state index is 14.4. The topological polar surface area (TPSA) is 35.2 Å². The molecule has 1 saturated carbocycles. The molecule has 0 saturated heterocycles. The quantitative estimate of drug-likeness (QED) is 0.902. The van der Waals surface area contributed by atoms with Crippen LogP contribution in [-0.2, 0) is 6.42 Å². The van der Waals surface area contributed by atoms with Crippen LogP contribution in [0.25, 0.3) is 0 Å². The fourth-order valence-electron chi connectivity index (χ4n) is 3.36. The molecule has 20 heavy (non-hydrogen) atoms. The van der Waals surface area contributed by atoms with E-state index in [0.29, 0.717) is 12.3 Å². The molecule has 0 radical (unpaired) electrons. The monoisotopic (exact) mass is 279 g/mol. The summed E-state index contributed by atoms with van der Waals surface area (Å²) in [6.45, 7) is 0.643. The molecule has 2 nitrogen and oxygen atoms in total. The van der Waals surface area contributed by atoms with E-state index in [0.717, 1.165) is 24.8 Å². The van der Waals surface area contributed by atoms with Gasteiger partial charge in [0, 0.05) is 0 Å². The van der Waals surface area contributed by atoms with Crippen molar-refractivity contribution in [3.63, 3.8) is 0 Å². The van der Waals surface area contributed by atoms with Crippen LogP contribution in [0, 0.1) is 11.2 Å². The highest BCUT2D eigenvalue weighted by Crippen LogP contribution is 2.37. The van der Waals surface area contributed by atoms with Crippen LogP contribution in [-0.4, -0.2) is 13.7 Å². The number of hydrogen-bond acceptors (Lipinski definition) is 2. The van der Waals surface area contributed by atoms with Gasteiger partial charge in [0.25, 0.3) is 0 Å². The Labute approximate surface area is 121 Å². The molecule has 112 valence electrons. The number of hydrogen-bond donors (Lipinski definition) is 1. The third-order valence-corrected chi connectivity index (χ3v) is 4.68. The van der Waals surface area contributed by atoms with E-state index in [2.05, 4.69) is 0 Å². The number of methoxy groups -OCH3 is 1. The average molecular weight is 279 g/mol. The van der Waals surface area contributed by atoms with Gasteiger partial charge in [-0.2, -0.15) is 0 Å². The lowest BCUT2D eigenvalue weighted by Gasteiger charge is -2.34. The second-order valence-electron chi connectivity index (χ2n) is 6.08. The first-order valence-electron chi connectivity index (χ1n) is 7.72. The van der Waals surface area contributed by atoms with Crippen LogP contribution in [0.2, 0.25) is 0 Å². The van der Waals surface area contributed by atoms with Crippen LogP contribution in [0.1, 0.15) is 50.5 Å². The molecule has 2 rings (SSSR count). The first-order valence-corrected chi connectivity index (χ1v) is 7.72. The Morgan fingerprint density at radius 3 is 2.40 bits per heavy atom. The third kappa shape index (κ3) is 3.51. The first kappa shape index (κ1) is 15.3. The van der Waals surface area contributed by atoms with Gasteiger partial charge in [-0.1, -0.05) is 44.2 Å². The summed E-state index contributed by atoms with van der Waals surface area (Å²) in [6, 6.07) is 5.41. The lowest BCUT2D eigenvalue weighted by molar-refractivity contribution is 0.214. The van der Waals surface area contributed by atoms with Gasteiger partial charge < -0.3 is 10.5 Å². The van der Waals surface area contributed by atoms with Crippen molar-refractivity contribution in [2.75, 3.05) is 13.7 Å². The smallest absolute Gasteiger partial charge is 0.168 e. The van der Waals surface area contributed by atoms with Crippen molar-refractivity contribution in [2.24, 2.45) is 11.1 Å². The molecule has 0 amide bonds. The zero-order valence-electron chi connectivity index (χ0n) is 12.5. The predicted molar refractivity (Wildman–Crippen MR) is 80.5 cm³/mol. The summed E-state index contributed by atoms with van der Waals surface area (Å²) in [6.07, 6.45) is 9.26. The summed E-state index contributed by atoms with van der Waals surface area (Å²) in [5.41, 5.74) is 6.88. The van der Waals surface area contributed by atoms with Crippen LogP contribution in [0.5, 0.6) is 5.75 Å². The Kier molecular flexibility index (Phi) is 5.41. The van der Waals surface area contributed by atoms with Gasteiger partial charge in [0.2, 0.25) is 0 Å². The summed E-state index contributed by atoms with van der Waals surface area (Å²) >= 11 is 0. The highest BCUT2D eigenvalue weighted by atomic mass is 19.1. The van der Waals surface area contributed by atoms with E-state index < -0.39 is 0 Å². The molecule has 0 aromatic heterocycles. The van der Waals surface area contributed by atoms with Gasteiger partial charge in [-0.05, 0) is 42.9 Å². The van der Waals surface area contributed by atoms with Gasteiger partial charge in [-0.3, -0.25) is 0 Å². The normalized spacial score (nSPS) is 19.1. The van der Waals surface area contributed by atoms with E-state index in [-0.39, 0.29) is 11.2 Å². The molecule has 0 unspecified atom stereocenters. The summed E-state index contributed by atoms with van der Waals surface area (Å²) in [5, 5.41) is 0. The Morgan fingerprint density at radius 1 is 1.15 bits per heavy atom. The molecule has 0 heterocycles. The molecular formula is C17H26FNO. The maximum Gasteiger partial charge on any atom is 0.168 e. The molecule has 1 aliphatic rings. The molecule has 1 aromatic carbocycles. The highest BCUT2D eigenvalue weighted by Gasteiger charge is 2.30. The van der Waals surface area contributed by atoms with Crippen molar-refractivity contribution in [2.45, 2.75) is 51.4 Å². The maximum absolute atomic E-state index is 14.4. The van der Waals surface area contributed by atoms with E-state index in [1.165, 1.54) is 39.2 Å². The molecule has 0 bridgehead atoms. The molecule has 0 aliphatic heterocycles. The molecule has 0 spiro atoms. The van der Waals surface area contributed by atoms with Gasteiger partial charge in [0.15, 0.2) is 11.6 Å². The van der Waals surface area contributed by atoms with E-state index in [1.807, 2.05) is 12.1 Å². The van der Waals surface area contributed by atoms with Gasteiger partial charge in [-0.25, -0.2) is 4.39 Å². The number of halogens is 1. The Hall–Kier alpha value is -1.09. The minimum Gasteiger partial charge on any atom is -0.494 e. The Balaban J connectivity index is 2.19. The lowest BCUT2D eigenvalue weighted by Crippen LogP contribution is -2.34. The van der Waals surface area contributed by atoms with Crippen molar-refractivity contribution in [3.05, 3.63) is 29.6 Å². The van der Waals surface area contributed by atoms with E-state index in [4.69, 9.17) is 10.5 Å². The molecule has 1 fully saturated rings. The number of benzene rings is 1. The standard InChI is InChI=1S/C17H26FNO/c1-20-15-9-7-8-14(16(15)18)12-17(13-19)10-5-3-2-4-6-11-17/h7-9H,2-6,10-13,19H2,1H3. The van der Waals surface area contributed by atoms with E-state index in [9.17, 15) is 4.39 Å². The minimum absolute atomic E-state index is 0.0631. The molecular weight excluding hydrogens is 253 g/mol. The number of rotatable bonds is 4. The van der Waals surface area contributed by atoms with Gasteiger partial charge in [-0.15, -0.1) is 0 Å². The molecule has 1 aromatic rings. The van der Waals surface area contributed by atoms with Crippen LogP contribution >= 0.6 is 0 Å². The lowest BCUT2D eigenvalue weighted by atomic mass is 9.72. The Bertz CT molecular complexity index is 425.